The van der Waals surface area contributed by atoms with Crippen molar-refractivity contribution in [3.05, 3.63) is 40.2 Å². The molecule has 1 aliphatic heterocycles. The average molecular weight is 387 g/mol. The van der Waals surface area contributed by atoms with Crippen molar-refractivity contribution in [2.75, 3.05) is 18.9 Å². The maximum Gasteiger partial charge on any atom is 0.239 e. The molecule has 0 fully saturated rings. The lowest BCUT2D eigenvalue weighted by atomic mass is 9.81. The van der Waals surface area contributed by atoms with Crippen molar-refractivity contribution in [2.24, 2.45) is 0 Å². The summed E-state index contributed by atoms with van der Waals surface area (Å²) in [6.07, 6.45) is 2.38. The highest BCUT2D eigenvalue weighted by molar-refractivity contribution is 7.17. The zero-order chi connectivity index (χ0) is 19.8. The van der Waals surface area contributed by atoms with Gasteiger partial charge in [-0.3, -0.25) is 9.69 Å². The van der Waals surface area contributed by atoms with Crippen molar-refractivity contribution in [2.45, 2.75) is 51.7 Å². The molecule has 0 saturated carbocycles. The van der Waals surface area contributed by atoms with Crippen LogP contribution in [0.15, 0.2) is 22.8 Å². The normalized spacial score (nSPS) is 17.4. The first kappa shape index (κ1) is 19.6. The molecule has 3 heterocycles. The lowest BCUT2D eigenvalue weighted by Crippen LogP contribution is -2.54. The van der Waals surface area contributed by atoms with E-state index in [2.05, 4.69) is 44.4 Å². The molecule has 6 nitrogen and oxygen atoms in total. The van der Waals surface area contributed by atoms with Crippen LogP contribution in [0.3, 0.4) is 0 Å². The highest BCUT2D eigenvalue weighted by Gasteiger charge is 2.40. The van der Waals surface area contributed by atoms with Gasteiger partial charge in [-0.15, -0.1) is 11.3 Å². The fourth-order valence-electron chi connectivity index (χ4n) is 3.87. The number of amides is 1. The number of carbonyl (C=O) groups excluding carboxylic acids is 1. The Morgan fingerprint density at radius 3 is 2.81 bits per heavy atom. The van der Waals surface area contributed by atoms with Gasteiger partial charge in [-0.05, 0) is 58.9 Å². The van der Waals surface area contributed by atoms with E-state index in [9.17, 15) is 10.1 Å². The number of thiophene rings is 1. The minimum absolute atomic E-state index is 0.103. The summed E-state index contributed by atoms with van der Waals surface area (Å²) < 4.78 is 5.32. The number of furan rings is 1. The molecule has 27 heavy (non-hydrogen) atoms. The summed E-state index contributed by atoms with van der Waals surface area (Å²) in [6, 6.07) is 6.02. The Morgan fingerprint density at radius 1 is 1.44 bits per heavy atom. The Labute approximate surface area is 164 Å². The summed E-state index contributed by atoms with van der Waals surface area (Å²) in [5.74, 6) is 0.675. The van der Waals surface area contributed by atoms with E-state index < -0.39 is 0 Å². The minimum atomic E-state index is -0.244. The Hall–Kier alpha value is -2.14. The molecule has 2 aromatic heterocycles. The first-order valence-corrected chi connectivity index (χ1v) is 9.79. The molecule has 3 rings (SSSR count). The zero-order valence-corrected chi connectivity index (χ0v) is 17.3. The molecule has 0 aliphatic carbocycles. The second-order valence-electron chi connectivity index (χ2n) is 8.34. The number of hydrogen-bond donors (Lipinski definition) is 2. The maximum atomic E-state index is 12.5. The first-order valence-electron chi connectivity index (χ1n) is 8.98. The van der Waals surface area contributed by atoms with Crippen LogP contribution >= 0.6 is 11.3 Å². The summed E-state index contributed by atoms with van der Waals surface area (Å²) in [5.41, 5.74) is 1.30. The molecule has 2 aromatic rings. The van der Waals surface area contributed by atoms with Gasteiger partial charge in [0.05, 0.1) is 24.9 Å². The molecular weight excluding hydrogens is 360 g/mol. The van der Waals surface area contributed by atoms with E-state index in [-0.39, 0.29) is 23.5 Å². The molecule has 0 unspecified atom stereocenters. The molecule has 1 amide bonds. The predicted octanol–water partition coefficient (Wildman–Crippen LogP) is 3.44. The fourth-order valence-corrected chi connectivity index (χ4v) is 5.11. The largest absolute Gasteiger partial charge is 0.468 e. The van der Waals surface area contributed by atoms with Crippen molar-refractivity contribution in [3.63, 3.8) is 0 Å². The third-order valence-electron chi connectivity index (χ3n) is 4.63. The first-order chi connectivity index (χ1) is 12.6. The number of anilines is 1. The third kappa shape index (κ3) is 4.24. The Bertz CT molecular complexity index is 875. The van der Waals surface area contributed by atoms with E-state index in [1.807, 2.05) is 24.1 Å². The number of nitriles is 1. The van der Waals surface area contributed by atoms with E-state index in [0.717, 1.165) is 22.6 Å². The number of carbonyl (C=O) groups is 1. The smallest absolute Gasteiger partial charge is 0.239 e. The van der Waals surface area contributed by atoms with E-state index in [1.165, 1.54) is 11.3 Å². The molecular formula is C20H26N4O2S. The predicted molar refractivity (Wildman–Crippen MR) is 107 cm³/mol. The van der Waals surface area contributed by atoms with Gasteiger partial charge >= 0.3 is 0 Å². The SMILES string of the molecule is CN(CC(=O)Nc1sc2c(c1C#N)CC(C)(C)NC2(C)C)Cc1ccco1. The second-order valence-corrected chi connectivity index (χ2v) is 9.36. The third-order valence-corrected chi connectivity index (χ3v) is 6.10. The molecule has 0 bridgehead atoms. The van der Waals surface area contributed by atoms with Crippen LogP contribution in [0, 0.1) is 11.3 Å². The van der Waals surface area contributed by atoms with Gasteiger partial charge in [0.2, 0.25) is 5.91 Å². The van der Waals surface area contributed by atoms with E-state index in [4.69, 9.17) is 4.42 Å². The lowest BCUT2D eigenvalue weighted by Gasteiger charge is -2.42. The van der Waals surface area contributed by atoms with Crippen LogP contribution < -0.4 is 10.6 Å². The zero-order valence-electron chi connectivity index (χ0n) is 16.5. The molecule has 0 spiro atoms. The van der Waals surface area contributed by atoms with E-state index in [0.29, 0.717) is 17.1 Å². The van der Waals surface area contributed by atoms with Crippen LogP contribution in [0.25, 0.3) is 0 Å². The molecule has 0 radical (unpaired) electrons. The summed E-state index contributed by atoms with van der Waals surface area (Å²) in [7, 11) is 1.86. The molecule has 144 valence electrons. The van der Waals surface area contributed by atoms with Crippen molar-refractivity contribution >= 4 is 22.2 Å². The minimum Gasteiger partial charge on any atom is -0.468 e. The van der Waals surface area contributed by atoms with Gasteiger partial charge in [0, 0.05) is 16.0 Å². The van der Waals surface area contributed by atoms with Crippen molar-refractivity contribution in [3.8, 4) is 6.07 Å². The highest BCUT2D eigenvalue weighted by atomic mass is 32.1. The van der Waals surface area contributed by atoms with E-state index >= 15 is 0 Å². The topological polar surface area (TPSA) is 81.3 Å². The number of nitrogens with one attached hydrogen (secondary N) is 2. The quantitative estimate of drug-likeness (QED) is 0.823. The molecule has 1 aliphatic rings. The van der Waals surface area contributed by atoms with Gasteiger partial charge in [0.1, 0.15) is 16.8 Å². The second kappa shape index (κ2) is 7.12. The summed E-state index contributed by atoms with van der Waals surface area (Å²) in [6.45, 7) is 9.29. The van der Waals surface area contributed by atoms with Gasteiger partial charge in [-0.2, -0.15) is 5.26 Å². The van der Waals surface area contributed by atoms with Crippen LogP contribution in [0.5, 0.6) is 0 Å². The number of fused-ring (bicyclic) bond motifs is 1. The summed E-state index contributed by atoms with van der Waals surface area (Å²) >= 11 is 1.50. The summed E-state index contributed by atoms with van der Waals surface area (Å²) in [4.78, 5) is 15.5. The van der Waals surface area contributed by atoms with Crippen molar-refractivity contribution in [1.29, 1.82) is 5.26 Å². The average Bonchev–Trinajstić information content (AvgIpc) is 3.13. The number of hydrogen-bond acceptors (Lipinski definition) is 6. The van der Waals surface area contributed by atoms with Crippen LogP contribution in [0.4, 0.5) is 5.00 Å². The Morgan fingerprint density at radius 2 is 2.19 bits per heavy atom. The number of likely N-dealkylation sites (N-methyl/N-ethyl adjacent to an activating group) is 1. The Kier molecular flexibility index (Phi) is 5.17. The Balaban J connectivity index is 1.77. The van der Waals surface area contributed by atoms with Gasteiger partial charge in [0.15, 0.2) is 0 Å². The molecule has 0 saturated heterocycles. The van der Waals surface area contributed by atoms with Crippen LogP contribution in [-0.2, 0) is 23.3 Å². The van der Waals surface area contributed by atoms with E-state index in [1.54, 1.807) is 6.26 Å². The monoisotopic (exact) mass is 386 g/mol. The van der Waals surface area contributed by atoms with Crippen LogP contribution in [0.1, 0.15) is 49.5 Å². The van der Waals surface area contributed by atoms with Gasteiger partial charge in [-0.25, -0.2) is 0 Å². The lowest BCUT2D eigenvalue weighted by molar-refractivity contribution is -0.117. The fraction of sp³-hybridized carbons (Fsp3) is 0.500. The highest BCUT2D eigenvalue weighted by Crippen LogP contribution is 2.44. The molecule has 0 aromatic carbocycles. The van der Waals surface area contributed by atoms with Gasteiger partial charge in [-0.1, -0.05) is 0 Å². The van der Waals surface area contributed by atoms with Crippen LogP contribution in [0.2, 0.25) is 0 Å². The molecule has 7 heteroatoms. The molecule has 2 N–H and O–H groups in total. The van der Waals surface area contributed by atoms with Crippen molar-refractivity contribution < 1.29 is 9.21 Å². The standard InChI is InChI=1S/C20H26N4O2S/c1-19(2)9-14-15(10-21)18(27-17(14)20(3,4)23-19)22-16(25)12-24(5)11-13-7-6-8-26-13/h6-8,23H,9,11-12H2,1-5H3,(H,22,25). The van der Waals surface area contributed by atoms with Crippen LogP contribution in [-0.4, -0.2) is 29.9 Å². The van der Waals surface area contributed by atoms with Crippen molar-refractivity contribution in [1.82, 2.24) is 10.2 Å². The maximum absolute atomic E-state index is 12.5. The van der Waals surface area contributed by atoms with Gasteiger partial charge in [0.25, 0.3) is 0 Å². The number of rotatable bonds is 5. The number of nitrogens with zero attached hydrogens (tertiary/aromatic N) is 2. The molecule has 0 atom stereocenters. The summed E-state index contributed by atoms with van der Waals surface area (Å²) in [5, 5.41) is 17.0. The van der Waals surface area contributed by atoms with Gasteiger partial charge < -0.3 is 15.1 Å².